The van der Waals surface area contributed by atoms with Crippen molar-refractivity contribution in [3.8, 4) is 17.2 Å². The van der Waals surface area contributed by atoms with Gasteiger partial charge in [0.15, 0.2) is 17.8 Å². The lowest BCUT2D eigenvalue weighted by Crippen LogP contribution is -2.60. The quantitative estimate of drug-likeness (QED) is 0.146. The maximum absolute atomic E-state index is 10.3. The van der Waals surface area contributed by atoms with Crippen LogP contribution in [0.2, 0.25) is 0 Å². The molecule has 0 aromatic heterocycles. The Morgan fingerprint density at radius 1 is 0.730 bits per heavy atom. The molecule has 0 amide bonds. The molecule has 0 unspecified atom stereocenters. The fourth-order valence-corrected chi connectivity index (χ4v) is 4.24. The van der Waals surface area contributed by atoms with Gasteiger partial charge in [0.25, 0.3) is 0 Å². The molecule has 0 saturated carbocycles. The minimum absolute atomic E-state index is 0.0283. The second-order valence-corrected chi connectivity index (χ2v) is 8.99. The first-order valence-electron chi connectivity index (χ1n) is 11.7. The van der Waals surface area contributed by atoms with Crippen molar-refractivity contribution >= 4 is 0 Å². The summed E-state index contributed by atoms with van der Waals surface area (Å²) in [6.07, 6.45) is -14.8. The molecular formula is C23H36O14. The van der Waals surface area contributed by atoms with Gasteiger partial charge in [-0.15, -0.1) is 0 Å². The average molecular weight is 537 g/mol. The monoisotopic (exact) mass is 536 g/mol. The van der Waals surface area contributed by atoms with Gasteiger partial charge in [-0.3, -0.25) is 0 Å². The Bertz CT molecular complexity index is 841. The van der Waals surface area contributed by atoms with Crippen molar-refractivity contribution in [1.82, 2.24) is 0 Å². The zero-order valence-corrected chi connectivity index (χ0v) is 20.7. The smallest absolute Gasteiger partial charge is 0.229 e. The van der Waals surface area contributed by atoms with Crippen molar-refractivity contribution in [2.45, 2.75) is 80.9 Å². The van der Waals surface area contributed by atoms with Crippen LogP contribution >= 0.6 is 0 Å². The molecule has 14 nitrogen and oxygen atoms in total. The first-order chi connectivity index (χ1) is 17.6. The highest BCUT2D eigenvalue weighted by Crippen LogP contribution is 2.41. The van der Waals surface area contributed by atoms with Gasteiger partial charge in [-0.1, -0.05) is 0 Å². The molecule has 2 heterocycles. The average Bonchev–Trinajstić information content (AvgIpc) is 2.89. The molecule has 2 saturated heterocycles. The van der Waals surface area contributed by atoms with Gasteiger partial charge >= 0.3 is 0 Å². The Morgan fingerprint density at radius 2 is 1.19 bits per heavy atom. The van der Waals surface area contributed by atoms with Gasteiger partial charge in [-0.2, -0.15) is 0 Å². The van der Waals surface area contributed by atoms with E-state index in [1.54, 1.807) is 19.1 Å². The number of hydrogen-bond donors (Lipinski definition) is 8. The molecule has 2 aliphatic rings. The van der Waals surface area contributed by atoms with Crippen molar-refractivity contribution in [2.75, 3.05) is 27.4 Å². The third kappa shape index (κ3) is 6.43. The third-order valence-corrected chi connectivity index (χ3v) is 6.34. The fourth-order valence-electron chi connectivity index (χ4n) is 4.24. The Hall–Kier alpha value is -1.82. The molecular weight excluding hydrogens is 500 g/mol. The van der Waals surface area contributed by atoms with Crippen LogP contribution < -0.4 is 14.2 Å². The molecule has 1 aromatic rings. The molecule has 37 heavy (non-hydrogen) atoms. The summed E-state index contributed by atoms with van der Waals surface area (Å²) in [5.41, 5.74) is 0.631. The molecule has 14 heteroatoms. The summed E-state index contributed by atoms with van der Waals surface area (Å²) in [6.45, 7) is 0.479. The molecule has 2 aliphatic heterocycles. The van der Waals surface area contributed by atoms with E-state index in [1.807, 2.05) is 0 Å². The van der Waals surface area contributed by atoms with E-state index in [9.17, 15) is 40.9 Å². The lowest BCUT2D eigenvalue weighted by Gasteiger charge is -2.40. The minimum atomic E-state index is -1.64. The number of methoxy groups -OCH3 is 2. The second-order valence-electron chi connectivity index (χ2n) is 8.99. The van der Waals surface area contributed by atoms with E-state index in [0.29, 0.717) is 5.56 Å². The van der Waals surface area contributed by atoms with Gasteiger partial charge in [0.1, 0.15) is 48.8 Å². The van der Waals surface area contributed by atoms with Gasteiger partial charge in [0.05, 0.1) is 33.5 Å². The Morgan fingerprint density at radius 3 is 1.65 bits per heavy atom. The van der Waals surface area contributed by atoms with Gasteiger partial charge in [0, 0.05) is 0 Å². The highest BCUT2D eigenvalue weighted by molar-refractivity contribution is 5.54. The van der Waals surface area contributed by atoms with Gasteiger partial charge in [-0.05, 0) is 31.0 Å². The fraction of sp³-hybridized carbons (Fsp3) is 0.739. The van der Waals surface area contributed by atoms with Crippen LogP contribution in [0.1, 0.15) is 12.5 Å². The summed E-state index contributed by atoms with van der Waals surface area (Å²) < 4.78 is 33.1. The summed E-state index contributed by atoms with van der Waals surface area (Å²) in [5, 5.41) is 79.2. The van der Waals surface area contributed by atoms with E-state index in [4.69, 9.17) is 28.4 Å². The molecule has 0 radical (unpaired) electrons. The molecule has 0 aliphatic carbocycles. The Balaban J connectivity index is 1.75. The molecule has 11 atom stereocenters. The highest BCUT2D eigenvalue weighted by Gasteiger charge is 2.46. The van der Waals surface area contributed by atoms with Gasteiger partial charge in [-0.25, -0.2) is 0 Å². The lowest BCUT2D eigenvalue weighted by molar-refractivity contribution is -0.309. The second kappa shape index (κ2) is 12.8. The summed E-state index contributed by atoms with van der Waals surface area (Å²) >= 11 is 0. The minimum Gasteiger partial charge on any atom is -0.493 e. The third-order valence-electron chi connectivity index (χ3n) is 6.34. The van der Waals surface area contributed by atoms with Gasteiger partial charge < -0.3 is 69.3 Å². The standard InChI is InChI=1S/C23H36O14/c1-9(34-22-19(30)17(28)15(26)13(7-24)35-22)4-10-5-11(32-2)21(12(6-10)33-3)37-23-20(31)18(29)16(27)14(8-25)36-23/h5-6,9,13-20,22-31H,4,7-8H2,1-3H3/t9-,13-,14-,15-,16-,17+,18+,19-,20-,22-,23+/m1/s1. The lowest BCUT2D eigenvalue weighted by atomic mass is 9.99. The molecule has 212 valence electrons. The zero-order chi connectivity index (χ0) is 27.4. The van der Waals surface area contributed by atoms with E-state index in [0.717, 1.165) is 0 Å². The first-order valence-corrected chi connectivity index (χ1v) is 11.7. The highest BCUT2D eigenvalue weighted by atomic mass is 16.7. The molecule has 2 fully saturated rings. The van der Waals surface area contributed by atoms with E-state index in [-0.39, 0.29) is 23.7 Å². The number of aliphatic hydroxyl groups is 8. The summed E-state index contributed by atoms with van der Waals surface area (Å²) in [5.74, 6) is 0.373. The van der Waals surface area contributed by atoms with Crippen molar-refractivity contribution < 1.29 is 69.3 Å². The van der Waals surface area contributed by atoms with Crippen LogP contribution in [0.3, 0.4) is 0 Å². The predicted molar refractivity (Wildman–Crippen MR) is 122 cm³/mol. The Labute approximate surface area is 213 Å². The van der Waals surface area contributed by atoms with Crippen LogP contribution in [0.4, 0.5) is 0 Å². The number of hydrogen-bond acceptors (Lipinski definition) is 14. The molecule has 0 bridgehead atoms. The number of rotatable bonds is 10. The summed E-state index contributed by atoms with van der Waals surface area (Å²) in [4.78, 5) is 0. The van der Waals surface area contributed by atoms with Crippen molar-refractivity contribution in [1.29, 1.82) is 0 Å². The first kappa shape index (κ1) is 29.7. The predicted octanol–water partition coefficient (Wildman–Crippen LogP) is -3.37. The van der Waals surface area contributed by atoms with Crippen LogP contribution in [-0.2, 0) is 20.6 Å². The summed E-state index contributed by atoms with van der Waals surface area (Å²) in [6, 6.07) is 3.18. The molecule has 3 rings (SSSR count). The van der Waals surface area contributed by atoms with Crippen molar-refractivity contribution in [2.24, 2.45) is 0 Å². The largest absolute Gasteiger partial charge is 0.493 e. The van der Waals surface area contributed by atoms with Crippen molar-refractivity contribution in [3.05, 3.63) is 17.7 Å². The molecule has 8 N–H and O–H groups in total. The van der Waals surface area contributed by atoms with Crippen LogP contribution in [0.5, 0.6) is 17.2 Å². The zero-order valence-electron chi connectivity index (χ0n) is 20.7. The summed E-state index contributed by atoms with van der Waals surface area (Å²) in [7, 11) is 2.74. The molecule has 0 spiro atoms. The number of ether oxygens (including phenoxy) is 6. The van der Waals surface area contributed by atoms with Gasteiger partial charge in [0.2, 0.25) is 12.0 Å². The number of benzene rings is 1. The van der Waals surface area contributed by atoms with Crippen molar-refractivity contribution in [3.63, 3.8) is 0 Å². The van der Waals surface area contributed by atoms with Crippen LogP contribution in [0, 0.1) is 0 Å². The maximum atomic E-state index is 10.3. The maximum Gasteiger partial charge on any atom is 0.229 e. The topological polar surface area (TPSA) is 217 Å². The van der Waals surface area contributed by atoms with Crippen LogP contribution in [-0.4, -0.2) is 136 Å². The van der Waals surface area contributed by atoms with Crippen LogP contribution in [0.15, 0.2) is 12.1 Å². The SMILES string of the molecule is COc1cc(C[C@@H](C)O[C@@H]2O[C@H](CO)[C@@H](O)[C@H](O)[C@H]2O)cc(OC)c1O[C@@H]1O[C@H](CO)[C@@H](O)[C@H](O)[C@H]1O. The van der Waals surface area contributed by atoms with E-state index in [1.165, 1.54) is 14.2 Å². The molecule has 1 aromatic carbocycles. The number of aliphatic hydroxyl groups excluding tert-OH is 8. The van der Waals surface area contributed by atoms with Crippen LogP contribution in [0.25, 0.3) is 0 Å². The van der Waals surface area contributed by atoms with E-state index >= 15 is 0 Å². The van der Waals surface area contributed by atoms with E-state index in [2.05, 4.69) is 0 Å². The normalized spacial score (nSPS) is 37.2. The van der Waals surface area contributed by atoms with E-state index < -0.39 is 80.7 Å². The Kier molecular flexibility index (Phi) is 10.3.